The van der Waals surface area contributed by atoms with Crippen molar-refractivity contribution in [2.45, 2.75) is 94.1 Å². The molecule has 2 aromatic heterocycles. The highest BCUT2D eigenvalue weighted by atomic mass is 16.5. The number of allylic oxidation sites excluding steroid dienone is 3. The van der Waals surface area contributed by atoms with E-state index in [4.69, 9.17) is 9.72 Å². The Hall–Kier alpha value is -2.51. The molecule has 3 aromatic rings. The fraction of sp³-hybridized carbons (Fsp3) is 0.583. The highest BCUT2D eigenvalue weighted by molar-refractivity contribution is 6.09. The molecule has 7 unspecified atom stereocenters. The second-order valence-electron chi connectivity index (χ2n) is 14.3. The van der Waals surface area contributed by atoms with Gasteiger partial charge in [-0.2, -0.15) is 0 Å². The molecule has 1 aromatic carbocycles. The lowest BCUT2D eigenvalue weighted by Gasteiger charge is -2.58. The zero-order valence-corrected chi connectivity index (χ0v) is 24.7. The number of fused-ring (bicyclic) bond motifs is 5. The van der Waals surface area contributed by atoms with E-state index in [9.17, 15) is 5.11 Å². The van der Waals surface area contributed by atoms with Crippen molar-refractivity contribution in [3.8, 4) is 0 Å². The van der Waals surface area contributed by atoms with Crippen LogP contribution in [0.1, 0.15) is 76.3 Å². The van der Waals surface area contributed by atoms with Crippen LogP contribution in [0.3, 0.4) is 0 Å². The van der Waals surface area contributed by atoms with E-state index in [2.05, 4.69) is 63.3 Å². The summed E-state index contributed by atoms with van der Waals surface area (Å²) in [5.41, 5.74) is 3.32. The molecule has 5 aliphatic heterocycles. The lowest BCUT2D eigenvalue weighted by Crippen LogP contribution is -2.66. The van der Waals surface area contributed by atoms with E-state index in [-0.39, 0.29) is 17.2 Å². The number of rotatable bonds is 1. The molecule has 2 N–H and O–H groups in total. The van der Waals surface area contributed by atoms with Crippen molar-refractivity contribution in [2.75, 3.05) is 26.2 Å². The van der Waals surface area contributed by atoms with E-state index < -0.39 is 5.60 Å². The number of aromatic amines is 1. The number of pyridine rings is 1. The predicted octanol–water partition coefficient (Wildman–Crippen LogP) is 6.42. The molecule has 0 saturated carbocycles. The molecule has 220 valence electrons. The smallest absolute Gasteiger partial charge is 0.123 e. The van der Waals surface area contributed by atoms with Gasteiger partial charge in [0.15, 0.2) is 0 Å². The lowest BCUT2D eigenvalue weighted by atomic mass is 9.54. The monoisotopic (exact) mass is 564 g/mol. The number of para-hydroxylation sites is 1. The molecule has 4 saturated heterocycles. The molecular weight excluding hydrogens is 520 g/mol. The third-order valence-corrected chi connectivity index (χ3v) is 12.0. The van der Waals surface area contributed by atoms with Gasteiger partial charge in [-0.15, -0.1) is 0 Å². The van der Waals surface area contributed by atoms with Gasteiger partial charge in [0.05, 0.1) is 29.0 Å². The second-order valence-corrected chi connectivity index (χ2v) is 14.3. The largest absolute Gasteiger partial charge is 0.384 e. The highest BCUT2D eigenvalue weighted by Gasteiger charge is 2.71. The molecule has 9 rings (SSSR count). The molecule has 0 amide bonds. The first-order chi connectivity index (χ1) is 20.6. The van der Waals surface area contributed by atoms with E-state index in [1.54, 1.807) is 0 Å². The summed E-state index contributed by atoms with van der Waals surface area (Å²) in [4.78, 5) is 14.3. The fourth-order valence-electron chi connectivity index (χ4n) is 10.6. The Morgan fingerprint density at radius 1 is 0.929 bits per heavy atom. The maximum atomic E-state index is 13.2. The van der Waals surface area contributed by atoms with Crippen LogP contribution in [0.2, 0.25) is 0 Å². The summed E-state index contributed by atoms with van der Waals surface area (Å²) in [5, 5.41) is 15.7. The first kappa shape index (κ1) is 25.9. The van der Waals surface area contributed by atoms with Crippen molar-refractivity contribution in [2.24, 2.45) is 11.3 Å². The van der Waals surface area contributed by atoms with Crippen molar-refractivity contribution < 1.29 is 9.84 Å². The van der Waals surface area contributed by atoms with Gasteiger partial charge in [0, 0.05) is 41.0 Å². The standard InChI is InChI=1S/C36H44N4O2/c41-35-16-7-3-1-2-4-8-19-39-21-15-29(34(24-39)23-36-17-13-25(42-36)10-9-20-40(36)33(34)35)28(22-35)31-32-27(14-18-37-31)26-11-5-6-12-30(26)38-32/h1,3,5-6,11-12,14,18,22,25,29,33,38,41H,2,4,7-10,13,15-17,19-21,23-24H2. The number of hydrogen-bond acceptors (Lipinski definition) is 5. The summed E-state index contributed by atoms with van der Waals surface area (Å²) in [6.45, 7) is 4.35. The van der Waals surface area contributed by atoms with E-state index >= 15 is 0 Å². The molecule has 6 aliphatic rings. The van der Waals surface area contributed by atoms with Crippen LogP contribution in [0.4, 0.5) is 0 Å². The van der Waals surface area contributed by atoms with Crippen molar-refractivity contribution in [1.29, 1.82) is 0 Å². The lowest BCUT2D eigenvalue weighted by molar-refractivity contribution is -0.145. The first-order valence-electron chi connectivity index (χ1n) is 16.7. The molecule has 7 atom stereocenters. The Balaban J connectivity index is 1.27. The van der Waals surface area contributed by atoms with Gasteiger partial charge in [0.1, 0.15) is 5.72 Å². The van der Waals surface area contributed by atoms with Gasteiger partial charge in [0.25, 0.3) is 0 Å². The minimum absolute atomic E-state index is 0.0643. The Kier molecular flexibility index (Phi) is 5.86. The number of aromatic nitrogens is 2. The number of nitrogens with zero attached hydrogens (tertiary/aromatic N) is 3. The maximum Gasteiger partial charge on any atom is 0.123 e. The van der Waals surface area contributed by atoms with Crippen LogP contribution >= 0.6 is 0 Å². The van der Waals surface area contributed by atoms with Gasteiger partial charge in [-0.3, -0.25) is 9.88 Å². The molecule has 1 aliphatic carbocycles. The molecule has 5 bridgehead atoms. The SMILES string of the molecule is OC12C=C(c3nccc4c3[nH]c3ccccc34)C3CCN(CCCCC=CCC1)CC31CC34CCC(CCCN3C21)O4. The zero-order valence-electron chi connectivity index (χ0n) is 24.7. The molecular formula is C36H44N4O2. The summed E-state index contributed by atoms with van der Waals surface area (Å²) < 4.78 is 7.08. The summed E-state index contributed by atoms with van der Waals surface area (Å²) >= 11 is 0. The Bertz CT molecular complexity index is 1590. The van der Waals surface area contributed by atoms with Crippen LogP contribution in [-0.2, 0) is 4.74 Å². The highest BCUT2D eigenvalue weighted by Crippen LogP contribution is 2.66. The average molecular weight is 565 g/mol. The topological polar surface area (TPSA) is 64.6 Å². The van der Waals surface area contributed by atoms with Gasteiger partial charge < -0.3 is 19.7 Å². The van der Waals surface area contributed by atoms with Gasteiger partial charge in [0.2, 0.25) is 0 Å². The predicted molar refractivity (Wildman–Crippen MR) is 167 cm³/mol. The number of piperidine rings is 1. The van der Waals surface area contributed by atoms with E-state index in [1.807, 2.05) is 6.20 Å². The van der Waals surface area contributed by atoms with Gasteiger partial charge in [-0.1, -0.05) is 30.4 Å². The summed E-state index contributed by atoms with van der Waals surface area (Å²) in [6, 6.07) is 10.8. The van der Waals surface area contributed by atoms with Crippen molar-refractivity contribution in [1.82, 2.24) is 19.8 Å². The summed E-state index contributed by atoms with van der Waals surface area (Å²) in [6.07, 6.45) is 21.3. The van der Waals surface area contributed by atoms with Gasteiger partial charge >= 0.3 is 0 Å². The fourth-order valence-corrected chi connectivity index (χ4v) is 10.6. The Labute approximate surface area is 248 Å². The normalized spacial score (nSPS) is 40.2. The first-order valence-corrected chi connectivity index (χ1v) is 16.7. The molecule has 42 heavy (non-hydrogen) atoms. The van der Waals surface area contributed by atoms with E-state index in [0.717, 1.165) is 101 Å². The van der Waals surface area contributed by atoms with Crippen LogP contribution < -0.4 is 0 Å². The van der Waals surface area contributed by atoms with Crippen molar-refractivity contribution >= 4 is 27.4 Å². The number of ether oxygens (including phenoxy) is 1. The van der Waals surface area contributed by atoms with Crippen LogP contribution in [0.15, 0.2) is 54.8 Å². The Morgan fingerprint density at radius 2 is 1.86 bits per heavy atom. The number of H-pyrrole nitrogens is 1. The van der Waals surface area contributed by atoms with Crippen LogP contribution in [0.5, 0.6) is 0 Å². The molecule has 0 radical (unpaired) electrons. The molecule has 6 heteroatoms. The minimum atomic E-state index is -0.946. The molecule has 6 nitrogen and oxygen atoms in total. The minimum Gasteiger partial charge on any atom is -0.384 e. The van der Waals surface area contributed by atoms with Crippen molar-refractivity contribution in [3.63, 3.8) is 0 Å². The second kappa shape index (κ2) is 9.49. The Morgan fingerprint density at radius 3 is 2.83 bits per heavy atom. The average Bonchev–Trinajstić information content (AvgIpc) is 3.61. The number of aliphatic hydroxyl groups is 1. The molecule has 7 heterocycles. The summed E-state index contributed by atoms with van der Waals surface area (Å²) in [7, 11) is 0. The van der Waals surface area contributed by atoms with E-state index in [1.165, 1.54) is 29.2 Å². The van der Waals surface area contributed by atoms with Crippen LogP contribution in [-0.4, -0.2) is 74.5 Å². The van der Waals surface area contributed by atoms with Crippen LogP contribution in [0.25, 0.3) is 27.4 Å². The number of hydrogen-bond donors (Lipinski definition) is 2. The number of nitrogens with one attached hydrogen (secondary N) is 1. The van der Waals surface area contributed by atoms with Crippen LogP contribution in [0, 0.1) is 11.3 Å². The zero-order chi connectivity index (χ0) is 27.9. The third kappa shape index (κ3) is 3.68. The van der Waals surface area contributed by atoms with Gasteiger partial charge in [-0.25, -0.2) is 0 Å². The summed E-state index contributed by atoms with van der Waals surface area (Å²) in [5.74, 6) is 0.341. The molecule has 2 spiro atoms. The molecule has 4 fully saturated rings. The van der Waals surface area contributed by atoms with E-state index in [0.29, 0.717) is 12.0 Å². The van der Waals surface area contributed by atoms with Crippen molar-refractivity contribution in [3.05, 3.63) is 60.5 Å². The maximum absolute atomic E-state index is 13.2. The quantitative estimate of drug-likeness (QED) is 0.334. The third-order valence-electron chi connectivity index (χ3n) is 12.0. The number of benzene rings is 1. The van der Waals surface area contributed by atoms with Gasteiger partial charge in [-0.05, 0) is 113 Å².